The van der Waals surface area contributed by atoms with Crippen molar-refractivity contribution in [3.63, 3.8) is 0 Å². The van der Waals surface area contributed by atoms with E-state index in [0.717, 1.165) is 0 Å². The number of carbonyl (C=O) groups excluding carboxylic acids is 2. The van der Waals surface area contributed by atoms with Crippen molar-refractivity contribution >= 4 is 17.6 Å². The molecule has 0 aromatic carbocycles. The molecule has 1 aliphatic heterocycles. The van der Waals surface area contributed by atoms with Gasteiger partial charge in [0.2, 0.25) is 5.91 Å². The Morgan fingerprint density at radius 2 is 2.28 bits per heavy atom. The van der Waals surface area contributed by atoms with Crippen LogP contribution in [0.5, 0.6) is 0 Å². The summed E-state index contributed by atoms with van der Waals surface area (Å²) in [5, 5.41) is 13.2. The van der Waals surface area contributed by atoms with Crippen molar-refractivity contribution in [2.24, 2.45) is 0 Å². The number of aromatic nitrogens is 1. The maximum Gasteiger partial charge on any atom is 0.321 e. The average molecular weight is 252 g/mol. The standard InChI is InChI=1S/C10H12N4O4/c1-6-9(15)11-4-5-13(6)10(16)7-2-3-8(12-7)14(17)18/h2-3,6,12H,4-5H2,1H3,(H,11,15). The van der Waals surface area contributed by atoms with Crippen LogP contribution >= 0.6 is 0 Å². The number of piperazine rings is 1. The highest BCUT2D eigenvalue weighted by Gasteiger charge is 2.32. The molecule has 18 heavy (non-hydrogen) atoms. The normalized spacial score (nSPS) is 19.5. The topological polar surface area (TPSA) is 108 Å². The van der Waals surface area contributed by atoms with Gasteiger partial charge in [-0.3, -0.25) is 9.59 Å². The summed E-state index contributed by atoms with van der Waals surface area (Å²) in [5.74, 6) is -0.881. The molecule has 0 radical (unpaired) electrons. The Kier molecular flexibility index (Phi) is 3.00. The summed E-state index contributed by atoms with van der Waals surface area (Å²) in [7, 11) is 0. The van der Waals surface area contributed by atoms with Gasteiger partial charge in [0.15, 0.2) is 5.69 Å². The zero-order chi connectivity index (χ0) is 13.3. The van der Waals surface area contributed by atoms with Gasteiger partial charge in [0.05, 0.1) is 0 Å². The number of nitrogens with zero attached hydrogens (tertiary/aromatic N) is 2. The van der Waals surface area contributed by atoms with Crippen LogP contribution in [0.15, 0.2) is 12.1 Å². The van der Waals surface area contributed by atoms with Crippen LogP contribution in [0.1, 0.15) is 17.4 Å². The number of H-pyrrole nitrogens is 1. The molecule has 1 saturated heterocycles. The smallest absolute Gasteiger partial charge is 0.321 e. The summed E-state index contributed by atoms with van der Waals surface area (Å²) in [5.41, 5.74) is 0.114. The van der Waals surface area contributed by atoms with Gasteiger partial charge in [-0.25, -0.2) is 4.98 Å². The number of amides is 2. The van der Waals surface area contributed by atoms with Crippen LogP contribution in [0.4, 0.5) is 5.82 Å². The lowest BCUT2D eigenvalue weighted by molar-refractivity contribution is -0.389. The summed E-state index contributed by atoms with van der Waals surface area (Å²) in [4.78, 5) is 37.2. The lowest BCUT2D eigenvalue weighted by atomic mass is 10.2. The van der Waals surface area contributed by atoms with Crippen molar-refractivity contribution in [1.82, 2.24) is 15.2 Å². The van der Waals surface area contributed by atoms with Gasteiger partial charge in [-0.2, -0.15) is 0 Å². The predicted molar refractivity (Wildman–Crippen MR) is 61.0 cm³/mol. The second-order valence-corrected chi connectivity index (χ2v) is 3.98. The van der Waals surface area contributed by atoms with Gasteiger partial charge in [-0.05, 0) is 17.9 Å². The number of rotatable bonds is 2. The molecule has 2 heterocycles. The third-order valence-electron chi connectivity index (χ3n) is 2.86. The molecular weight excluding hydrogens is 240 g/mol. The third-order valence-corrected chi connectivity index (χ3v) is 2.86. The van der Waals surface area contributed by atoms with Crippen molar-refractivity contribution in [1.29, 1.82) is 0 Å². The first-order valence-corrected chi connectivity index (χ1v) is 5.43. The molecule has 0 spiro atoms. The maximum absolute atomic E-state index is 12.1. The van der Waals surface area contributed by atoms with Crippen LogP contribution in [0.25, 0.3) is 0 Å². The number of hydrogen-bond donors (Lipinski definition) is 2. The lowest BCUT2D eigenvalue weighted by Gasteiger charge is -2.31. The molecule has 96 valence electrons. The summed E-state index contributed by atoms with van der Waals surface area (Å²) in [6.45, 7) is 2.39. The fourth-order valence-corrected chi connectivity index (χ4v) is 1.83. The van der Waals surface area contributed by atoms with E-state index in [1.54, 1.807) is 6.92 Å². The van der Waals surface area contributed by atoms with E-state index in [1.165, 1.54) is 17.0 Å². The minimum absolute atomic E-state index is 0.114. The molecule has 1 aromatic heterocycles. The number of aromatic amines is 1. The zero-order valence-corrected chi connectivity index (χ0v) is 9.67. The zero-order valence-electron chi connectivity index (χ0n) is 9.67. The Bertz CT molecular complexity index is 510. The highest BCUT2D eigenvalue weighted by atomic mass is 16.6. The van der Waals surface area contributed by atoms with Gasteiger partial charge in [0, 0.05) is 19.2 Å². The molecule has 2 amide bonds. The molecule has 1 unspecified atom stereocenters. The molecule has 0 aliphatic carbocycles. The molecule has 1 atom stereocenters. The molecular formula is C10H12N4O4. The van der Waals surface area contributed by atoms with E-state index in [4.69, 9.17) is 0 Å². The fraction of sp³-hybridized carbons (Fsp3) is 0.400. The van der Waals surface area contributed by atoms with Gasteiger partial charge >= 0.3 is 5.82 Å². The van der Waals surface area contributed by atoms with E-state index in [0.29, 0.717) is 13.1 Å². The van der Waals surface area contributed by atoms with Crippen LogP contribution in [0.2, 0.25) is 0 Å². The summed E-state index contributed by atoms with van der Waals surface area (Å²) < 4.78 is 0. The van der Waals surface area contributed by atoms with Gasteiger partial charge < -0.3 is 20.3 Å². The number of nitro groups is 1. The summed E-state index contributed by atoms with van der Waals surface area (Å²) in [6.07, 6.45) is 0. The maximum atomic E-state index is 12.1. The van der Waals surface area contributed by atoms with Gasteiger partial charge in [0.25, 0.3) is 5.91 Å². The minimum atomic E-state index is -0.608. The molecule has 2 N–H and O–H groups in total. The van der Waals surface area contributed by atoms with Crippen LogP contribution in [0.3, 0.4) is 0 Å². The molecule has 1 aliphatic rings. The van der Waals surface area contributed by atoms with Crippen molar-refractivity contribution in [3.8, 4) is 0 Å². The van der Waals surface area contributed by atoms with E-state index >= 15 is 0 Å². The number of nitrogens with one attached hydrogen (secondary N) is 2. The molecule has 1 aromatic rings. The molecule has 1 fully saturated rings. The number of carbonyl (C=O) groups is 2. The SMILES string of the molecule is CC1C(=O)NCCN1C(=O)c1ccc([N+](=O)[O-])[nH]1. The Labute approximate surface area is 102 Å². The Hall–Kier alpha value is -2.38. The van der Waals surface area contributed by atoms with Gasteiger partial charge in [0.1, 0.15) is 6.04 Å². The first kappa shape index (κ1) is 12.1. The van der Waals surface area contributed by atoms with Crippen molar-refractivity contribution in [2.75, 3.05) is 13.1 Å². The molecule has 2 rings (SSSR count). The molecule has 0 bridgehead atoms. The largest absolute Gasteiger partial charge is 0.358 e. The summed E-state index contributed by atoms with van der Waals surface area (Å²) in [6, 6.07) is 2.00. The van der Waals surface area contributed by atoms with Crippen LogP contribution in [0, 0.1) is 10.1 Å². The van der Waals surface area contributed by atoms with E-state index < -0.39 is 16.9 Å². The first-order chi connectivity index (χ1) is 8.50. The Balaban J connectivity index is 2.19. The van der Waals surface area contributed by atoms with Crippen molar-refractivity contribution in [2.45, 2.75) is 13.0 Å². The summed E-state index contributed by atoms with van der Waals surface area (Å²) >= 11 is 0. The molecule has 8 heteroatoms. The quantitative estimate of drug-likeness (QED) is 0.565. The second kappa shape index (κ2) is 4.47. The van der Waals surface area contributed by atoms with E-state index in [9.17, 15) is 19.7 Å². The van der Waals surface area contributed by atoms with Gasteiger partial charge in [-0.15, -0.1) is 0 Å². The third kappa shape index (κ3) is 2.04. The second-order valence-electron chi connectivity index (χ2n) is 3.98. The average Bonchev–Trinajstić information content (AvgIpc) is 2.81. The predicted octanol–water partition coefficient (Wildman–Crippen LogP) is -0.117. The molecule has 0 saturated carbocycles. The highest BCUT2D eigenvalue weighted by molar-refractivity contribution is 5.97. The molecule has 8 nitrogen and oxygen atoms in total. The Morgan fingerprint density at radius 1 is 1.56 bits per heavy atom. The fourth-order valence-electron chi connectivity index (χ4n) is 1.83. The highest BCUT2D eigenvalue weighted by Crippen LogP contribution is 2.14. The van der Waals surface area contributed by atoms with Crippen molar-refractivity contribution in [3.05, 3.63) is 27.9 Å². The lowest BCUT2D eigenvalue weighted by Crippen LogP contribution is -2.55. The van der Waals surface area contributed by atoms with E-state index in [-0.39, 0.29) is 17.4 Å². The van der Waals surface area contributed by atoms with Crippen LogP contribution in [-0.2, 0) is 4.79 Å². The van der Waals surface area contributed by atoms with E-state index in [2.05, 4.69) is 10.3 Å². The Morgan fingerprint density at radius 3 is 2.89 bits per heavy atom. The van der Waals surface area contributed by atoms with E-state index in [1.807, 2.05) is 0 Å². The monoisotopic (exact) mass is 252 g/mol. The van der Waals surface area contributed by atoms with Gasteiger partial charge in [-0.1, -0.05) is 0 Å². The van der Waals surface area contributed by atoms with Crippen LogP contribution < -0.4 is 5.32 Å². The van der Waals surface area contributed by atoms with Crippen molar-refractivity contribution < 1.29 is 14.5 Å². The van der Waals surface area contributed by atoms with Crippen LogP contribution in [-0.4, -0.2) is 45.8 Å². The first-order valence-electron chi connectivity index (χ1n) is 5.43. The minimum Gasteiger partial charge on any atom is -0.358 e. The number of hydrogen-bond acceptors (Lipinski definition) is 4.